The zero-order valence-electron chi connectivity index (χ0n) is 16.8. The molecule has 1 fully saturated rings. The molecule has 1 N–H and O–H groups in total. The van der Waals surface area contributed by atoms with E-state index in [-0.39, 0.29) is 18.2 Å². The van der Waals surface area contributed by atoms with Crippen LogP contribution in [0.25, 0.3) is 0 Å². The van der Waals surface area contributed by atoms with E-state index < -0.39 is 5.92 Å². The van der Waals surface area contributed by atoms with Gasteiger partial charge in [0.1, 0.15) is 17.3 Å². The fourth-order valence-electron chi connectivity index (χ4n) is 3.39. The minimum Gasteiger partial charge on any atom is -0.497 e. The number of furan rings is 1. The SMILES string of the molecule is COc1ccc(Oc2ccc(Cl)cc2NC(=O)C2CC(=O)N(Cc3ccco3)C2)cc1. The molecule has 0 aliphatic carbocycles. The number of carbonyl (C=O) groups is 2. The third-order valence-corrected chi connectivity index (χ3v) is 5.23. The second kappa shape index (κ2) is 9.14. The molecular weight excluding hydrogens is 420 g/mol. The number of rotatable bonds is 7. The highest BCUT2D eigenvalue weighted by Gasteiger charge is 2.35. The van der Waals surface area contributed by atoms with E-state index in [9.17, 15) is 9.59 Å². The molecule has 0 spiro atoms. The maximum Gasteiger partial charge on any atom is 0.229 e. The molecular formula is C23H21ClN2O5. The van der Waals surface area contributed by atoms with Crippen LogP contribution in [0.2, 0.25) is 5.02 Å². The third kappa shape index (κ3) is 5.00. The van der Waals surface area contributed by atoms with Crippen LogP contribution >= 0.6 is 11.6 Å². The zero-order chi connectivity index (χ0) is 21.8. The van der Waals surface area contributed by atoms with Crippen LogP contribution in [0, 0.1) is 5.92 Å². The molecule has 2 heterocycles. The van der Waals surface area contributed by atoms with Crippen LogP contribution in [0.4, 0.5) is 5.69 Å². The highest BCUT2D eigenvalue weighted by Crippen LogP contribution is 2.33. The molecule has 31 heavy (non-hydrogen) atoms. The van der Waals surface area contributed by atoms with Crippen molar-refractivity contribution in [2.45, 2.75) is 13.0 Å². The van der Waals surface area contributed by atoms with E-state index >= 15 is 0 Å². The fourth-order valence-corrected chi connectivity index (χ4v) is 3.56. The Morgan fingerprint density at radius 3 is 2.68 bits per heavy atom. The molecule has 8 heteroatoms. The van der Waals surface area contributed by atoms with Crippen molar-refractivity contribution < 1.29 is 23.5 Å². The minimum absolute atomic E-state index is 0.0858. The number of carbonyl (C=O) groups excluding carboxylic acids is 2. The Morgan fingerprint density at radius 1 is 1.19 bits per heavy atom. The van der Waals surface area contributed by atoms with Crippen LogP contribution in [0.1, 0.15) is 12.2 Å². The van der Waals surface area contributed by atoms with Crippen molar-refractivity contribution in [1.82, 2.24) is 4.90 Å². The maximum absolute atomic E-state index is 12.9. The molecule has 7 nitrogen and oxygen atoms in total. The monoisotopic (exact) mass is 440 g/mol. The van der Waals surface area contributed by atoms with E-state index in [1.54, 1.807) is 72.9 Å². The van der Waals surface area contributed by atoms with E-state index in [4.69, 9.17) is 25.5 Å². The average molecular weight is 441 g/mol. The predicted octanol–water partition coefficient (Wildman–Crippen LogP) is 4.72. The molecule has 3 aromatic rings. The summed E-state index contributed by atoms with van der Waals surface area (Å²) >= 11 is 6.13. The number of amides is 2. The van der Waals surface area contributed by atoms with Gasteiger partial charge in [-0.15, -0.1) is 0 Å². The number of nitrogens with zero attached hydrogens (tertiary/aromatic N) is 1. The van der Waals surface area contributed by atoms with E-state index in [1.165, 1.54) is 0 Å². The van der Waals surface area contributed by atoms with E-state index in [0.29, 0.717) is 46.8 Å². The Balaban J connectivity index is 1.45. The van der Waals surface area contributed by atoms with Gasteiger partial charge in [-0.1, -0.05) is 11.6 Å². The number of benzene rings is 2. The molecule has 1 unspecified atom stereocenters. The lowest BCUT2D eigenvalue weighted by atomic mass is 10.1. The van der Waals surface area contributed by atoms with Gasteiger partial charge in [0.05, 0.1) is 31.5 Å². The van der Waals surface area contributed by atoms with Crippen LogP contribution < -0.4 is 14.8 Å². The number of ether oxygens (including phenoxy) is 2. The molecule has 1 saturated heterocycles. The van der Waals surface area contributed by atoms with Crippen LogP contribution in [-0.2, 0) is 16.1 Å². The molecule has 1 atom stereocenters. The fraction of sp³-hybridized carbons (Fsp3) is 0.217. The van der Waals surface area contributed by atoms with Crippen molar-refractivity contribution in [2.24, 2.45) is 5.92 Å². The van der Waals surface area contributed by atoms with Gasteiger partial charge in [-0.3, -0.25) is 9.59 Å². The smallest absolute Gasteiger partial charge is 0.229 e. The first kappa shape index (κ1) is 20.8. The van der Waals surface area contributed by atoms with E-state index in [1.807, 2.05) is 0 Å². The van der Waals surface area contributed by atoms with Crippen LogP contribution in [0.15, 0.2) is 65.3 Å². The van der Waals surface area contributed by atoms with Crippen molar-refractivity contribution in [2.75, 3.05) is 19.0 Å². The Morgan fingerprint density at radius 2 is 1.97 bits per heavy atom. The van der Waals surface area contributed by atoms with Crippen LogP contribution in [0.5, 0.6) is 17.2 Å². The summed E-state index contributed by atoms with van der Waals surface area (Å²) in [6.07, 6.45) is 1.70. The molecule has 0 saturated carbocycles. The number of likely N-dealkylation sites (tertiary alicyclic amines) is 1. The van der Waals surface area contributed by atoms with Crippen molar-refractivity contribution >= 4 is 29.1 Å². The lowest BCUT2D eigenvalue weighted by Crippen LogP contribution is -2.28. The first-order chi connectivity index (χ1) is 15.0. The summed E-state index contributed by atoms with van der Waals surface area (Å²) in [5.41, 5.74) is 0.435. The summed E-state index contributed by atoms with van der Waals surface area (Å²) in [6.45, 7) is 0.666. The normalized spacial score (nSPS) is 15.7. The van der Waals surface area contributed by atoms with Gasteiger partial charge in [0.2, 0.25) is 11.8 Å². The first-order valence-electron chi connectivity index (χ1n) is 9.74. The largest absolute Gasteiger partial charge is 0.497 e. The lowest BCUT2D eigenvalue weighted by Gasteiger charge is -2.16. The van der Waals surface area contributed by atoms with Gasteiger partial charge in [0.15, 0.2) is 5.75 Å². The molecule has 1 aliphatic heterocycles. The van der Waals surface area contributed by atoms with Gasteiger partial charge < -0.3 is 24.1 Å². The third-order valence-electron chi connectivity index (χ3n) is 5.00. The number of hydrogen-bond acceptors (Lipinski definition) is 5. The number of nitrogens with one attached hydrogen (secondary N) is 1. The molecule has 1 aliphatic rings. The highest BCUT2D eigenvalue weighted by atomic mass is 35.5. The van der Waals surface area contributed by atoms with E-state index in [0.717, 1.165) is 0 Å². The van der Waals surface area contributed by atoms with E-state index in [2.05, 4.69) is 5.32 Å². The summed E-state index contributed by atoms with van der Waals surface area (Å²) in [5, 5.41) is 3.32. The Bertz CT molecular complexity index is 1070. The molecule has 2 amide bonds. The average Bonchev–Trinajstić information content (AvgIpc) is 3.41. The summed E-state index contributed by atoms with van der Waals surface area (Å²) in [5.74, 6) is 1.59. The molecule has 160 valence electrons. The van der Waals surface area contributed by atoms with Crippen LogP contribution in [0.3, 0.4) is 0 Å². The minimum atomic E-state index is -0.477. The van der Waals surface area contributed by atoms with Crippen molar-refractivity contribution in [3.8, 4) is 17.2 Å². The topological polar surface area (TPSA) is 81.0 Å². The Kier molecular flexibility index (Phi) is 6.13. The molecule has 2 aromatic carbocycles. The quantitative estimate of drug-likeness (QED) is 0.574. The molecule has 4 rings (SSSR count). The zero-order valence-corrected chi connectivity index (χ0v) is 17.6. The Hall–Kier alpha value is -3.45. The number of anilines is 1. The van der Waals surface area contributed by atoms with Crippen molar-refractivity contribution in [1.29, 1.82) is 0 Å². The second-order valence-electron chi connectivity index (χ2n) is 7.16. The lowest BCUT2D eigenvalue weighted by molar-refractivity contribution is -0.128. The standard InChI is InChI=1S/C23H21ClN2O5/c1-29-17-5-7-18(8-6-17)31-21-9-4-16(24)12-20(21)25-23(28)15-11-22(27)26(13-15)14-19-3-2-10-30-19/h2-10,12,15H,11,13-14H2,1H3,(H,25,28). The molecule has 1 aromatic heterocycles. The van der Waals surface area contributed by atoms with Crippen molar-refractivity contribution in [3.05, 3.63) is 71.6 Å². The van der Waals surface area contributed by atoms with Gasteiger partial charge in [0, 0.05) is 18.0 Å². The summed E-state index contributed by atoms with van der Waals surface area (Å²) < 4.78 is 16.4. The molecule has 0 radical (unpaired) electrons. The maximum atomic E-state index is 12.9. The van der Waals surface area contributed by atoms with Gasteiger partial charge in [0.25, 0.3) is 0 Å². The number of hydrogen-bond donors (Lipinski definition) is 1. The second-order valence-corrected chi connectivity index (χ2v) is 7.60. The molecule has 0 bridgehead atoms. The highest BCUT2D eigenvalue weighted by molar-refractivity contribution is 6.31. The Labute approximate surface area is 184 Å². The van der Waals surface area contributed by atoms with Crippen molar-refractivity contribution in [3.63, 3.8) is 0 Å². The van der Waals surface area contributed by atoms with Crippen LogP contribution in [-0.4, -0.2) is 30.4 Å². The van der Waals surface area contributed by atoms with Gasteiger partial charge >= 0.3 is 0 Å². The van der Waals surface area contributed by atoms with Gasteiger partial charge in [-0.25, -0.2) is 0 Å². The number of methoxy groups -OCH3 is 1. The number of halogens is 1. The summed E-state index contributed by atoms with van der Waals surface area (Å²) in [7, 11) is 1.59. The first-order valence-corrected chi connectivity index (χ1v) is 10.1. The summed E-state index contributed by atoms with van der Waals surface area (Å²) in [4.78, 5) is 26.8. The predicted molar refractivity (Wildman–Crippen MR) is 115 cm³/mol. The van der Waals surface area contributed by atoms with Gasteiger partial charge in [-0.05, 0) is 54.6 Å². The summed E-state index contributed by atoms with van der Waals surface area (Å²) in [6, 6.07) is 15.6. The van der Waals surface area contributed by atoms with Gasteiger partial charge in [-0.2, -0.15) is 0 Å².